The van der Waals surface area contributed by atoms with E-state index in [0.29, 0.717) is 31.4 Å². The molecule has 0 saturated carbocycles. The van der Waals surface area contributed by atoms with Gasteiger partial charge in [-0.1, -0.05) is 30.3 Å². The maximum atomic E-state index is 5.56. The SMILES string of the molecule is C#CCCOc1ncc(OCc2ccccc2)cn1. The van der Waals surface area contributed by atoms with E-state index in [9.17, 15) is 0 Å². The van der Waals surface area contributed by atoms with Crippen LogP contribution in [0.5, 0.6) is 11.8 Å². The van der Waals surface area contributed by atoms with Crippen molar-refractivity contribution in [3.8, 4) is 24.1 Å². The summed E-state index contributed by atoms with van der Waals surface area (Å²) in [6, 6.07) is 10.2. The number of ether oxygens (including phenoxy) is 2. The van der Waals surface area contributed by atoms with Crippen molar-refractivity contribution >= 4 is 0 Å². The van der Waals surface area contributed by atoms with Gasteiger partial charge in [-0.05, 0) is 5.56 Å². The second kappa shape index (κ2) is 7.02. The number of rotatable bonds is 6. The number of nitrogens with zero attached hydrogens (tertiary/aromatic N) is 2. The van der Waals surface area contributed by atoms with Crippen molar-refractivity contribution in [2.24, 2.45) is 0 Å². The van der Waals surface area contributed by atoms with Crippen molar-refractivity contribution in [1.29, 1.82) is 0 Å². The summed E-state index contributed by atoms with van der Waals surface area (Å²) in [7, 11) is 0. The van der Waals surface area contributed by atoms with Gasteiger partial charge >= 0.3 is 6.01 Å². The molecule has 96 valence electrons. The highest BCUT2D eigenvalue weighted by molar-refractivity contribution is 5.17. The van der Waals surface area contributed by atoms with Crippen LogP contribution in [-0.4, -0.2) is 16.6 Å². The summed E-state index contributed by atoms with van der Waals surface area (Å²) in [5.74, 6) is 3.09. The fourth-order valence-electron chi connectivity index (χ4n) is 1.40. The van der Waals surface area contributed by atoms with Crippen LogP contribution in [0.3, 0.4) is 0 Å². The van der Waals surface area contributed by atoms with Crippen LogP contribution in [-0.2, 0) is 6.61 Å². The second-order valence-corrected chi connectivity index (χ2v) is 3.78. The van der Waals surface area contributed by atoms with Crippen molar-refractivity contribution in [3.63, 3.8) is 0 Å². The van der Waals surface area contributed by atoms with Crippen LogP contribution >= 0.6 is 0 Å². The molecule has 1 aromatic heterocycles. The van der Waals surface area contributed by atoms with Gasteiger partial charge < -0.3 is 9.47 Å². The summed E-state index contributed by atoms with van der Waals surface area (Å²) in [6.45, 7) is 0.905. The predicted molar refractivity (Wildman–Crippen MR) is 71.8 cm³/mol. The van der Waals surface area contributed by atoms with E-state index >= 15 is 0 Å². The molecule has 0 aliphatic heterocycles. The van der Waals surface area contributed by atoms with E-state index in [1.165, 1.54) is 0 Å². The molecule has 0 N–H and O–H groups in total. The van der Waals surface area contributed by atoms with Crippen LogP contribution in [0.15, 0.2) is 42.7 Å². The summed E-state index contributed by atoms with van der Waals surface area (Å²) in [6.07, 6.45) is 8.83. The molecular weight excluding hydrogens is 240 g/mol. The Morgan fingerprint density at radius 1 is 1.05 bits per heavy atom. The van der Waals surface area contributed by atoms with Crippen molar-refractivity contribution in [2.45, 2.75) is 13.0 Å². The molecule has 0 atom stereocenters. The standard InChI is InChI=1S/C15H14N2O2/c1-2-3-9-18-15-16-10-14(11-17-15)19-12-13-7-5-4-6-8-13/h1,4-8,10-11H,3,9,12H2. The molecule has 4 heteroatoms. The lowest BCUT2D eigenvalue weighted by molar-refractivity contribution is 0.286. The average Bonchev–Trinajstić information content (AvgIpc) is 2.48. The third-order valence-electron chi connectivity index (χ3n) is 2.33. The van der Waals surface area contributed by atoms with Crippen molar-refractivity contribution in [1.82, 2.24) is 9.97 Å². The van der Waals surface area contributed by atoms with Gasteiger partial charge in [-0.15, -0.1) is 12.3 Å². The highest BCUT2D eigenvalue weighted by atomic mass is 16.5. The Morgan fingerprint density at radius 2 is 1.79 bits per heavy atom. The Labute approximate surface area is 112 Å². The largest absolute Gasteiger partial charge is 0.486 e. The second-order valence-electron chi connectivity index (χ2n) is 3.78. The molecule has 0 fully saturated rings. The van der Waals surface area contributed by atoms with Crippen molar-refractivity contribution < 1.29 is 9.47 Å². The maximum Gasteiger partial charge on any atom is 0.316 e. The first-order valence-corrected chi connectivity index (χ1v) is 5.93. The number of hydrogen-bond acceptors (Lipinski definition) is 4. The minimum Gasteiger partial charge on any atom is -0.486 e. The molecule has 0 amide bonds. The molecule has 0 radical (unpaired) electrons. The van der Waals surface area contributed by atoms with Crippen LogP contribution in [0, 0.1) is 12.3 Å². The van der Waals surface area contributed by atoms with Gasteiger partial charge in [-0.3, -0.25) is 0 Å². The molecule has 4 nitrogen and oxygen atoms in total. The highest BCUT2D eigenvalue weighted by Gasteiger charge is 1.99. The summed E-state index contributed by atoms with van der Waals surface area (Å²) in [5.41, 5.74) is 1.09. The Morgan fingerprint density at radius 3 is 2.47 bits per heavy atom. The third-order valence-corrected chi connectivity index (χ3v) is 2.33. The van der Waals surface area contributed by atoms with Crippen LogP contribution in [0.25, 0.3) is 0 Å². The van der Waals surface area contributed by atoms with Crippen molar-refractivity contribution in [3.05, 3.63) is 48.3 Å². The number of terminal acetylenes is 1. The molecule has 0 bridgehead atoms. The van der Waals surface area contributed by atoms with Crippen LogP contribution in [0.2, 0.25) is 0 Å². The van der Waals surface area contributed by atoms with Gasteiger partial charge in [-0.2, -0.15) is 9.97 Å². The monoisotopic (exact) mass is 254 g/mol. The van der Waals surface area contributed by atoms with Gasteiger partial charge in [0.2, 0.25) is 0 Å². The van der Waals surface area contributed by atoms with Gasteiger partial charge in [0.25, 0.3) is 0 Å². The minimum atomic E-state index is 0.308. The van der Waals surface area contributed by atoms with Crippen LogP contribution in [0.4, 0.5) is 0 Å². The number of benzene rings is 1. The molecule has 2 aromatic rings. The van der Waals surface area contributed by atoms with Crippen molar-refractivity contribution in [2.75, 3.05) is 6.61 Å². The maximum absolute atomic E-state index is 5.56. The van der Waals surface area contributed by atoms with E-state index < -0.39 is 0 Å². The van der Waals surface area contributed by atoms with E-state index in [1.807, 2.05) is 30.3 Å². The summed E-state index contributed by atoms with van der Waals surface area (Å²) < 4.78 is 10.8. The lowest BCUT2D eigenvalue weighted by Crippen LogP contribution is -2.01. The van der Waals surface area contributed by atoms with Gasteiger partial charge in [0.15, 0.2) is 5.75 Å². The van der Waals surface area contributed by atoms with Crippen LogP contribution in [0.1, 0.15) is 12.0 Å². The summed E-state index contributed by atoms with van der Waals surface area (Å²) in [4.78, 5) is 8.07. The third kappa shape index (κ3) is 4.32. The van der Waals surface area contributed by atoms with E-state index in [0.717, 1.165) is 5.56 Å². The first-order chi connectivity index (χ1) is 9.38. The molecule has 2 rings (SSSR count). The molecule has 0 spiro atoms. The minimum absolute atomic E-state index is 0.308. The fraction of sp³-hybridized carbons (Fsp3) is 0.200. The van der Waals surface area contributed by atoms with E-state index in [1.54, 1.807) is 12.4 Å². The van der Waals surface area contributed by atoms with E-state index in [4.69, 9.17) is 15.9 Å². The zero-order chi connectivity index (χ0) is 13.3. The zero-order valence-electron chi connectivity index (χ0n) is 10.5. The quantitative estimate of drug-likeness (QED) is 0.586. The number of hydrogen-bond donors (Lipinski definition) is 0. The summed E-state index contributed by atoms with van der Waals surface area (Å²) in [5, 5.41) is 0. The molecular formula is C15H14N2O2. The highest BCUT2D eigenvalue weighted by Crippen LogP contribution is 2.12. The fourth-order valence-corrected chi connectivity index (χ4v) is 1.40. The molecule has 19 heavy (non-hydrogen) atoms. The topological polar surface area (TPSA) is 44.2 Å². The Hall–Kier alpha value is -2.54. The molecule has 0 aliphatic carbocycles. The zero-order valence-corrected chi connectivity index (χ0v) is 10.5. The first kappa shape index (κ1) is 12.9. The molecule has 0 saturated heterocycles. The smallest absolute Gasteiger partial charge is 0.316 e. The number of aromatic nitrogens is 2. The molecule has 1 heterocycles. The van der Waals surface area contributed by atoms with Gasteiger partial charge in [0.1, 0.15) is 13.2 Å². The molecule has 1 aromatic carbocycles. The van der Waals surface area contributed by atoms with Gasteiger partial charge in [-0.25, -0.2) is 0 Å². The average molecular weight is 254 g/mol. The molecule has 0 aliphatic rings. The predicted octanol–water partition coefficient (Wildman–Crippen LogP) is 2.46. The normalized spacial score (nSPS) is 9.63. The first-order valence-electron chi connectivity index (χ1n) is 5.93. The lowest BCUT2D eigenvalue weighted by Gasteiger charge is -2.06. The van der Waals surface area contributed by atoms with E-state index in [2.05, 4.69) is 15.9 Å². The van der Waals surface area contributed by atoms with Gasteiger partial charge in [0, 0.05) is 6.42 Å². The Bertz CT molecular complexity index is 532. The summed E-state index contributed by atoms with van der Waals surface area (Å²) >= 11 is 0. The Kier molecular flexibility index (Phi) is 4.77. The molecule has 0 unspecified atom stereocenters. The van der Waals surface area contributed by atoms with Gasteiger partial charge in [0.05, 0.1) is 12.4 Å². The Balaban J connectivity index is 1.83. The lowest BCUT2D eigenvalue weighted by atomic mass is 10.2. The van der Waals surface area contributed by atoms with E-state index in [-0.39, 0.29) is 0 Å². The van der Waals surface area contributed by atoms with Crippen LogP contribution < -0.4 is 9.47 Å².